The number of aromatic nitrogens is 1. The standard InChI is InChI=1S/C12H17N2O2/c1-9(10-7-5-6-8-13-10)14-11(15)16-12(2,3)4/h5-9H,1H2,2-4H3,(H,14,15). The minimum absolute atomic E-state index is 0.406. The van der Waals surface area contributed by atoms with E-state index in [0.717, 1.165) is 0 Å². The molecule has 1 aromatic rings. The lowest BCUT2D eigenvalue weighted by Crippen LogP contribution is -2.34. The second kappa shape index (κ2) is 4.96. The molecule has 1 amide bonds. The van der Waals surface area contributed by atoms with Gasteiger partial charge in [0, 0.05) is 6.20 Å². The van der Waals surface area contributed by atoms with E-state index in [9.17, 15) is 4.79 Å². The molecule has 4 heteroatoms. The number of rotatable bonds is 2. The summed E-state index contributed by atoms with van der Waals surface area (Å²) in [5.74, 6) is 0. The highest BCUT2D eigenvalue weighted by Gasteiger charge is 2.18. The van der Waals surface area contributed by atoms with Gasteiger partial charge in [-0.1, -0.05) is 6.07 Å². The van der Waals surface area contributed by atoms with Crippen molar-refractivity contribution in [1.29, 1.82) is 0 Å². The van der Waals surface area contributed by atoms with Crippen LogP contribution in [0.15, 0.2) is 24.4 Å². The number of pyridine rings is 1. The summed E-state index contributed by atoms with van der Waals surface area (Å²) in [5.41, 5.74) is 0.196. The number of nitrogens with one attached hydrogen (secondary N) is 1. The topological polar surface area (TPSA) is 51.2 Å². The van der Waals surface area contributed by atoms with Gasteiger partial charge in [0.15, 0.2) is 0 Å². The number of alkyl carbamates (subject to hydrolysis) is 1. The van der Waals surface area contributed by atoms with Crippen molar-refractivity contribution in [1.82, 2.24) is 10.3 Å². The highest BCUT2D eigenvalue weighted by Crippen LogP contribution is 2.11. The maximum atomic E-state index is 11.4. The van der Waals surface area contributed by atoms with Gasteiger partial charge >= 0.3 is 6.09 Å². The monoisotopic (exact) mass is 221 g/mol. The predicted octanol–water partition coefficient (Wildman–Crippen LogP) is 2.48. The fourth-order valence-corrected chi connectivity index (χ4v) is 1.11. The van der Waals surface area contributed by atoms with Crippen LogP contribution in [0.2, 0.25) is 0 Å². The molecule has 0 fully saturated rings. The molecule has 4 nitrogen and oxygen atoms in total. The Hall–Kier alpha value is -1.58. The Balaban J connectivity index is 2.52. The third kappa shape index (κ3) is 4.29. The predicted molar refractivity (Wildman–Crippen MR) is 61.7 cm³/mol. The van der Waals surface area contributed by atoms with E-state index in [1.807, 2.05) is 32.9 Å². The Morgan fingerprint density at radius 1 is 1.50 bits per heavy atom. The summed E-state index contributed by atoms with van der Waals surface area (Å²) in [6.07, 6.45) is 1.17. The van der Waals surface area contributed by atoms with E-state index in [-0.39, 0.29) is 0 Å². The van der Waals surface area contributed by atoms with Crippen molar-refractivity contribution in [2.24, 2.45) is 0 Å². The molecule has 0 aromatic carbocycles. The molecule has 1 unspecified atom stereocenters. The SMILES string of the molecule is [CH2]C(NC(=O)OC(C)(C)C)c1ccccn1. The summed E-state index contributed by atoms with van der Waals surface area (Å²) in [7, 11) is 0. The Morgan fingerprint density at radius 2 is 2.19 bits per heavy atom. The van der Waals surface area contributed by atoms with Gasteiger partial charge in [-0.3, -0.25) is 4.98 Å². The van der Waals surface area contributed by atoms with Crippen LogP contribution in [0.1, 0.15) is 32.5 Å². The normalized spacial score (nSPS) is 13.0. The van der Waals surface area contributed by atoms with E-state index in [2.05, 4.69) is 17.2 Å². The molecular formula is C12H17N2O2. The molecule has 0 spiro atoms. The van der Waals surface area contributed by atoms with Crippen LogP contribution in [0.25, 0.3) is 0 Å². The van der Waals surface area contributed by atoms with E-state index < -0.39 is 17.7 Å². The third-order valence-corrected chi connectivity index (χ3v) is 1.74. The van der Waals surface area contributed by atoms with Crippen LogP contribution < -0.4 is 5.32 Å². The van der Waals surface area contributed by atoms with Crippen molar-refractivity contribution in [3.05, 3.63) is 37.0 Å². The average Bonchev–Trinajstić information content (AvgIpc) is 2.16. The van der Waals surface area contributed by atoms with Crippen molar-refractivity contribution >= 4 is 6.09 Å². The molecule has 0 aliphatic carbocycles. The zero-order chi connectivity index (χ0) is 12.2. The quantitative estimate of drug-likeness (QED) is 0.834. The van der Waals surface area contributed by atoms with Crippen LogP contribution in [-0.4, -0.2) is 16.7 Å². The number of carbonyl (C=O) groups excluding carboxylic acids is 1. The van der Waals surface area contributed by atoms with E-state index in [0.29, 0.717) is 5.69 Å². The second-order valence-corrected chi connectivity index (χ2v) is 4.45. The molecule has 1 atom stereocenters. The summed E-state index contributed by atoms with van der Waals surface area (Å²) in [6, 6.07) is 5.05. The lowest BCUT2D eigenvalue weighted by atomic mass is 10.2. The molecule has 0 aliphatic heterocycles. The fraction of sp³-hybridized carbons (Fsp3) is 0.417. The van der Waals surface area contributed by atoms with Crippen LogP contribution >= 0.6 is 0 Å². The van der Waals surface area contributed by atoms with Crippen LogP contribution in [0.3, 0.4) is 0 Å². The largest absolute Gasteiger partial charge is 0.444 e. The summed E-state index contributed by atoms with van der Waals surface area (Å²) >= 11 is 0. The molecule has 1 rings (SSSR count). The van der Waals surface area contributed by atoms with Gasteiger partial charge in [0.1, 0.15) is 5.60 Å². The first-order valence-electron chi connectivity index (χ1n) is 5.12. The number of hydrogen-bond acceptors (Lipinski definition) is 3. The Bertz CT molecular complexity index is 344. The number of nitrogens with zero attached hydrogens (tertiary/aromatic N) is 1. The molecule has 16 heavy (non-hydrogen) atoms. The molecular weight excluding hydrogens is 204 g/mol. The lowest BCUT2D eigenvalue weighted by Gasteiger charge is -2.21. The van der Waals surface area contributed by atoms with Gasteiger partial charge in [0.2, 0.25) is 0 Å². The maximum Gasteiger partial charge on any atom is 0.408 e. The Morgan fingerprint density at radius 3 is 2.69 bits per heavy atom. The van der Waals surface area contributed by atoms with Gasteiger partial charge in [-0.25, -0.2) is 4.79 Å². The van der Waals surface area contributed by atoms with E-state index in [4.69, 9.17) is 4.74 Å². The summed E-state index contributed by atoms with van der Waals surface area (Å²) in [6.45, 7) is 9.24. The number of ether oxygens (including phenoxy) is 1. The molecule has 0 bridgehead atoms. The summed E-state index contributed by atoms with van der Waals surface area (Å²) in [4.78, 5) is 15.5. The molecule has 87 valence electrons. The minimum Gasteiger partial charge on any atom is -0.444 e. The first-order valence-corrected chi connectivity index (χ1v) is 5.12. The number of hydrogen-bond donors (Lipinski definition) is 1. The molecule has 0 saturated carbocycles. The highest BCUT2D eigenvalue weighted by molar-refractivity contribution is 5.68. The van der Waals surface area contributed by atoms with Gasteiger partial charge in [-0.2, -0.15) is 0 Å². The molecule has 1 aromatic heterocycles. The van der Waals surface area contributed by atoms with E-state index in [1.165, 1.54) is 0 Å². The Labute approximate surface area is 96.0 Å². The van der Waals surface area contributed by atoms with Crippen molar-refractivity contribution in [3.8, 4) is 0 Å². The highest BCUT2D eigenvalue weighted by atomic mass is 16.6. The summed E-state index contributed by atoms with van der Waals surface area (Å²) in [5, 5.41) is 2.62. The zero-order valence-corrected chi connectivity index (χ0v) is 9.86. The second-order valence-electron chi connectivity index (χ2n) is 4.45. The van der Waals surface area contributed by atoms with Crippen molar-refractivity contribution < 1.29 is 9.53 Å². The van der Waals surface area contributed by atoms with Gasteiger partial charge < -0.3 is 10.1 Å². The van der Waals surface area contributed by atoms with Gasteiger partial charge in [0.05, 0.1) is 11.7 Å². The zero-order valence-electron chi connectivity index (χ0n) is 9.86. The van der Waals surface area contributed by atoms with E-state index in [1.54, 1.807) is 12.3 Å². The van der Waals surface area contributed by atoms with Gasteiger partial charge in [0.25, 0.3) is 0 Å². The van der Waals surface area contributed by atoms with Crippen LogP contribution in [0, 0.1) is 6.92 Å². The first-order chi connectivity index (χ1) is 7.38. The number of carbonyl (C=O) groups is 1. The van der Waals surface area contributed by atoms with Gasteiger partial charge in [-0.05, 0) is 39.8 Å². The third-order valence-electron chi connectivity index (χ3n) is 1.74. The maximum absolute atomic E-state index is 11.4. The smallest absolute Gasteiger partial charge is 0.408 e. The lowest BCUT2D eigenvalue weighted by molar-refractivity contribution is 0.0512. The van der Waals surface area contributed by atoms with Crippen molar-refractivity contribution in [2.45, 2.75) is 32.4 Å². The van der Waals surface area contributed by atoms with Crippen LogP contribution in [-0.2, 0) is 4.74 Å². The average molecular weight is 221 g/mol. The van der Waals surface area contributed by atoms with Crippen molar-refractivity contribution in [2.75, 3.05) is 0 Å². The van der Waals surface area contributed by atoms with Crippen molar-refractivity contribution in [3.63, 3.8) is 0 Å². The Kier molecular flexibility index (Phi) is 3.88. The molecule has 0 aliphatic rings. The molecule has 0 saturated heterocycles. The van der Waals surface area contributed by atoms with Crippen LogP contribution in [0.5, 0.6) is 0 Å². The molecule has 1 radical (unpaired) electrons. The molecule has 1 N–H and O–H groups in total. The fourth-order valence-electron chi connectivity index (χ4n) is 1.11. The van der Waals surface area contributed by atoms with Crippen LogP contribution in [0.4, 0.5) is 4.79 Å². The number of amides is 1. The van der Waals surface area contributed by atoms with E-state index >= 15 is 0 Å². The first kappa shape index (κ1) is 12.5. The molecule has 1 heterocycles. The van der Waals surface area contributed by atoms with Gasteiger partial charge in [-0.15, -0.1) is 0 Å². The minimum atomic E-state index is -0.506. The summed E-state index contributed by atoms with van der Waals surface area (Å²) < 4.78 is 5.11.